The molecule has 0 aromatic rings. The minimum Gasteiger partial charge on any atom is -0.392 e. The molecule has 1 saturated heterocycles. The van der Waals surface area contributed by atoms with Crippen molar-refractivity contribution < 1.29 is 34.6 Å². The maximum atomic E-state index is 12.5. The Hall–Kier alpha value is -0.320. The number of hydrogen-bond acceptors (Lipinski definition) is 8. The van der Waals surface area contributed by atoms with E-state index in [1.807, 2.05) is 0 Å². The number of methoxy groups -OCH3 is 3. The molecule has 8 heteroatoms. The molecule has 6 rings (SSSR count). The Kier molecular flexibility index (Phi) is 4.76. The number of ether oxygens (including phenoxy) is 3. The first-order chi connectivity index (χ1) is 15.3. The van der Waals surface area contributed by atoms with Gasteiger partial charge in [-0.05, 0) is 31.7 Å². The van der Waals surface area contributed by atoms with Crippen LogP contribution in [0, 0.1) is 40.4 Å². The number of piperidine rings is 1. The van der Waals surface area contributed by atoms with E-state index in [0.717, 1.165) is 19.5 Å². The first-order valence-corrected chi connectivity index (χ1v) is 12.3. The molecule has 1 aliphatic heterocycles. The molecule has 6 fully saturated rings. The van der Waals surface area contributed by atoms with E-state index in [0.29, 0.717) is 19.4 Å². The van der Waals surface area contributed by atoms with E-state index in [4.69, 9.17) is 14.2 Å². The van der Waals surface area contributed by atoms with Gasteiger partial charge in [0.15, 0.2) is 0 Å². The second-order valence-electron chi connectivity index (χ2n) is 11.6. The molecule has 182 valence electrons. The van der Waals surface area contributed by atoms with E-state index in [2.05, 4.69) is 11.8 Å². The van der Waals surface area contributed by atoms with Crippen molar-refractivity contribution in [1.29, 1.82) is 0 Å². The first kappa shape index (κ1) is 22.2. The highest BCUT2D eigenvalue weighted by atomic mass is 16.5. The standard InChI is InChI=1S/C24H39NO7/c1-5-25-9-22(10-30-2)7-6-13(26)23-12-8-11-16(27)14(12)24(29,21(28)17(11)31-3)15(20(23)25)18(32-4)19(22)23/h11-21,26-29H,5-10H2,1-4H3/t11-,12+,13-,14+,15-,16-,17+,18-,19+,20+,21-,22-,23-,24+/m0/s1. The molecule has 0 amide bonds. The Morgan fingerprint density at radius 1 is 1.03 bits per heavy atom. The lowest BCUT2D eigenvalue weighted by molar-refractivity contribution is -0.297. The van der Waals surface area contributed by atoms with Gasteiger partial charge >= 0.3 is 0 Å². The highest BCUT2D eigenvalue weighted by molar-refractivity contribution is 5.36. The third-order valence-corrected chi connectivity index (χ3v) is 11.2. The number of hydrogen-bond donors (Lipinski definition) is 4. The summed E-state index contributed by atoms with van der Waals surface area (Å²) in [6.45, 7) is 4.33. The van der Waals surface area contributed by atoms with Gasteiger partial charge in [0.05, 0.1) is 31.0 Å². The number of rotatable bonds is 5. The van der Waals surface area contributed by atoms with Gasteiger partial charge in [0, 0.05) is 68.4 Å². The lowest BCUT2D eigenvalue weighted by Crippen LogP contribution is -2.78. The van der Waals surface area contributed by atoms with E-state index in [-0.39, 0.29) is 35.3 Å². The van der Waals surface area contributed by atoms with Gasteiger partial charge in [-0.1, -0.05) is 6.92 Å². The summed E-state index contributed by atoms with van der Waals surface area (Å²) < 4.78 is 17.7. The van der Waals surface area contributed by atoms with Crippen LogP contribution in [0.5, 0.6) is 0 Å². The topological polar surface area (TPSA) is 112 Å². The van der Waals surface area contributed by atoms with Crippen LogP contribution in [0.1, 0.15) is 26.2 Å². The number of aliphatic hydroxyl groups is 4. The smallest absolute Gasteiger partial charge is 0.110 e. The monoisotopic (exact) mass is 453 g/mol. The summed E-state index contributed by atoms with van der Waals surface area (Å²) in [5, 5.41) is 47.3. The fraction of sp³-hybridized carbons (Fsp3) is 1.00. The zero-order valence-electron chi connectivity index (χ0n) is 19.6. The number of aliphatic hydroxyl groups excluding tert-OH is 3. The van der Waals surface area contributed by atoms with Gasteiger partial charge in [0.2, 0.25) is 0 Å². The van der Waals surface area contributed by atoms with Crippen molar-refractivity contribution >= 4 is 0 Å². The molecule has 14 atom stereocenters. The molecule has 4 N–H and O–H groups in total. The summed E-state index contributed by atoms with van der Waals surface area (Å²) in [6.07, 6.45) is -1.22. The Balaban J connectivity index is 1.64. The fourth-order valence-electron chi connectivity index (χ4n) is 10.7. The maximum absolute atomic E-state index is 12.5. The second-order valence-corrected chi connectivity index (χ2v) is 11.6. The maximum Gasteiger partial charge on any atom is 0.110 e. The molecule has 5 saturated carbocycles. The van der Waals surface area contributed by atoms with E-state index in [1.54, 1.807) is 21.3 Å². The summed E-state index contributed by atoms with van der Waals surface area (Å²) in [5.74, 6) is -1.29. The predicted octanol–water partition coefficient (Wildman–Crippen LogP) is -0.527. The van der Waals surface area contributed by atoms with Crippen LogP contribution < -0.4 is 0 Å². The highest BCUT2D eigenvalue weighted by Crippen LogP contribution is 2.79. The molecular formula is C24H39NO7. The van der Waals surface area contributed by atoms with E-state index in [9.17, 15) is 20.4 Å². The molecule has 5 aliphatic carbocycles. The number of fused-ring (bicyclic) bond motifs is 2. The lowest BCUT2D eigenvalue weighted by atomic mass is 9.43. The molecule has 6 aliphatic rings. The zero-order valence-corrected chi connectivity index (χ0v) is 19.6. The van der Waals surface area contributed by atoms with E-state index in [1.165, 1.54) is 0 Å². The summed E-state index contributed by atoms with van der Waals surface area (Å²) in [5.41, 5.74) is -2.24. The second kappa shape index (κ2) is 6.88. The van der Waals surface area contributed by atoms with Crippen LogP contribution in [0.3, 0.4) is 0 Å². The van der Waals surface area contributed by atoms with E-state index < -0.39 is 47.3 Å². The Labute approximate surface area is 189 Å². The average Bonchev–Trinajstić information content (AvgIpc) is 3.19. The Bertz CT molecular complexity index is 783. The van der Waals surface area contributed by atoms with Gasteiger partial charge in [-0.2, -0.15) is 0 Å². The van der Waals surface area contributed by atoms with Crippen molar-refractivity contribution in [1.82, 2.24) is 4.90 Å². The van der Waals surface area contributed by atoms with Crippen molar-refractivity contribution in [2.24, 2.45) is 40.4 Å². The van der Waals surface area contributed by atoms with Crippen LogP contribution in [0.25, 0.3) is 0 Å². The molecule has 0 aromatic heterocycles. The predicted molar refractivity (Wildman–Crippen MR) is 114 cm³/mol. The lowest BCUT2D eigenvalue weighted by Gasteiger charge is -2.69. The first-order valence-electron chi connectivity index (χ1n) is 12.3. The number of nitrogens with zero attached hydrogens (tertiary/aromatic N) is 1. The van der Waals surface area contributed by atoms with Gasteiger partial charge in [-0.3, -0.25) is 4.90 Å². The Morgan fingerprint density at radius 2 is 1.75 bits per heavy atom. The normalized spacial score (nSPS) is 62.4. The summed E-state index contributed by atoms with van der Waals surface area (Å²) in [6, 6.07) is -0.120. The fourth-order valence-corrected chi connectivity index (χ4v) is 10.7. The van der Waals surface area contributed by atoms with Crippen LogP contribution in [0.4, 0.5) is 0 Å². The molecule has 0 radical (unpaired) electrons. The summed E-state index contributed by atoms with van der Waals surface area (Å²) >= 11 is 0. The van der Waals surface area contributed by atoms with Crippen LogP contribution in [-0.2, 0) is 14.2 Å². The molecule has 1 spiro atoms. The largest absolute Gasteiger partial charge is 0.392 e. The molecule has 7 bridgehead atoms. The highest BCUT2D eigenvalue weighted by Gasteiger charge is 2.87. The van der Waals surface area contributed by atoms with Gasteiger partial charge in [0.25, 0.3) is 0 Å². The number of likely N-dealkylation sites (tertiary alicyclic amines) is 1. The van der Waals surface area contributed by atoms with Crippen LogP contribution in [-0.4, -0.2) is 109 Å². The zero-order chi connectivity index (χ0) is 22.8. The van der Waals surface area contributed by atoms with Crippen molar-refractivity contribution in [2.45, 2.75) is 68.3 Å². The molecule has 1 heterocycles. The Morgan fingerprint density at radius 3 is 2.38 bits per heavy atom. The van der Waals surface area contributed by atoms with Crippen LogP contribution >= 0.6 is 0 Å². The quantitative estimate of drug-likeness (QED) is 0.440. The van der Waals surface area contributed by atoms with Crippen molar-refractivity contribution in [2.75, 3.05) is 41.0 Å². The van der Waals surface area contributed by atoms with Crippen molar-refractivity contribution in [3.63, 3.8) is 0 Å². The van der Waals surface area contributed by atoms with Gasteiger partial charge < -0.3 is 34.6 Å². The SMILES string of the molecule is CCN1C[C@]2(COC)CC[C@H](O)[C@@]34[C@@H]5C[C@H]6[C@H](O)[C@@H]5[C@@](O)([C@@H]([C@H](OC)[C@H]23)[C@@H]14)[C@@H](O)[C@@H]6OC. The molecular weight excluding hydrogens is 414 g/mol. The summed E-state index contributed by atoms with van der Waals surface area (Å²) in [7, 11) is 4.98. The minimum atomic E-state index is -1.54. The molecule has 8 nitrogen and oxygen atoms in total. The van der Waals surface area contributed by atoms with Gasteiger partial charge in [-0.15, -0.1) is 0 Å². The van der Waals surface area contributed by atoms with Crippen molar-refractivity contribution in [3.8, 4) is 0 Å². The third kappa shape index (κ3) is 2.07. The van der Waals surface area contributed by atoms with E-state index >= 15 is 0 Å². The van der Waals surface area contributed by atoms with Crippen LogP contribution in [0.2, 0.25) is 0 Å². The van der Waals surface area contributed by atoms with Gasteiger partial charge in [0.1, 0.15) is 11.7 Å². The molecule has 0 aromatic carbocycles. The third-order valence-electron chi connectivity index (χ3n) is 11.2. The minimum absolute atomic E-state index is 0.000250. The average molecular weight is 454 g/mol. The molecule has 0 unspecified atom stereocenters. The summed E-state index contributed by atoms with van der Waals surface area (Å²) in [4.78, 5) is 2.42. The van der Waals surface area contributed by atoms with Gasteiger partial charge in [-0.25, -0.2) is 0 Å². The molecule has 32 heavy (non-hydrogen) atoms. The van der Waals surface area contributed by atoms with Crippen molar-refractivity contribution in [3.05, 3.63) is 0 Å². The van der Waals surface area contributed by atoms with Crippen LogP contribution in [0.15, 0.2) is 0 Å².